The molecule has 0 bridgehead atoms. The van der Waals surface area contributed by atoms with Gasteiger partial charge in [-0.3, -0.25) is 14.9 Å². The quantitative estimate of drug-likeness (QED) is 0.146. The largest absolute Gasteiger partial charge is 0.497 e. The van der Waals surface area contributed by atoms with Crippen molar-refractivity contribution in [2.75, 3.05) is 18.2 Å². The van der Waals surface area contributed by atoms with Crippen LogP contribution >= 0.6 is 23.4 Å². The SMILES string of the molecule is COc1ccc(-c2cc(-c3ccc(Cl)cc3)c(C#N)c(SCC(=O)Nc3ccc(C)c([N+](=O)[O-])c3)n2)cc1. The number of aromatic nitrogens is 1. The minimum atomic E-state index is -0.494. The standard InChI is InChI=1S/C28H21ClN4O4S/c1-17-3-10-21(13-26(17)33(35)36)31-27(34)16-38-28-24(15-30)23(18-4-8-20(29)9-5-18)14-25(32-28)19-6-11-22(37-2)12-7-19/h3-14H,16H2,1-2H3,(H,31,34). The van der Waals surface area contributed by atoms with Gasteiger partial charge in [-0.2, -0.15) is 5.26 Å². The van der Waals surface area contributed by atoms with Gasteiger partial charge in [-0.05, 0) is 61.0 Å². The zero-order valence-electron chi connectivity index (χ0n) is 20.4. The second kappa shape index (κ2) is 11.8. The second-order valence-corrected chi connectivity index (χ2v) is 9.58. The van der Waals surface area contributed by atoms with Crippen LogP contribution in [0.2, 0.25) is 5.02 Å². The molecule has 0 fully saturated rings. The first-order valence-electron chi connectivity index (χ1n) is 11.3. The summed E-state index contributed by atoms with van der Waals surface area (Å²) in [5, 5.41) is 24.9. The van der Waals surface area contributed by atoms with Crippen LogP contribution < -0.4 is 10.1 Å². The van der Waals surface area contributed by atoms with E-state index in [9.17, 15) is 20.2 Å². The number of methoxy groups -OCH3 is 1. The van der Waals surface area contributed by atoms with Gasteiger partial charge in [0, 0.05) is 33.5 Å². The number of hydrogen-bond donors (Lipinski definition) is 1. The van der Waals surface area contributed by atoms with Gasteiger partial charge in [-0.15, -0.1) is 0 Å². The van der Waals surface area contributed by atoms with Crippen LogP contribution in [-0.2, 0) is 4.79 Å². The highest BCUT2D eigenvalue weighted by atomic mass is 35.5. The van der Waals surface area contributed by atoms with Gasteiger partial charge in [0.05, 0.1) is 29.0 Å². The van der Waals surface area contributed by atoms with E-state index in [-0.39, 0.29) is 17.3 Å². The Kier molecular flexibility index (Phi) is 8.26. The van der Waals surface area contributed by atoms with Crippen LogP contribution in [0, 0.1) is 28.4 Å². The topological polar surface area (TPSA) is 118 Å². The Balaban J connectivity index is 1.67. The Labute approximate surface area is 228 Å². The number of anilines is 1. The van der Waals surface area contributed by atoms with Gasteiger partial charge < -0.3 is 10.1 Å². The summed E-state index contributed by atoms with van der Waals surface area (Å²) in [5.74, 6) is 0.250. The maximum absolute atomic E-state index is 12.7. The molecule has 1 aromatic heterocycles. The molecule has 8 nitrogen and oxygen atoms in total. The first-order chi connectivity index (χ1) is 18.3. The number of nitrogens with one attached hydrogen (secondary N) is 1. The number of nitrogens with zero attached hydrogens (tertiary/aromatic N) is 3. The fourth-order valence-electron chi connectivity index (χ4n) is 3.72. The summed E-state index contributed by atoms with van der Waals surface area (Å²) >= 11 is 7.18. The number of thioether (sulfide) groups is 1. The predicted octanol–water partition coefficient (Wildman–Crippen LogP) is 6.90. The average Bonchev–Trinajstić information content (AvgIpc) is 2.92. The molecule has 38 heavy (non-hydrogen) atoms. The van der Waals surface area contributed by atoms with E-state index in [0.717, 1.165) is 22.9 Å². The van der Waals surface area contributed by atoms with Crippen molar-refractivity contribution in [3.05, 3.63) is 99.1 Å². The number of nitro benzene ring substituents is 1. The summed E-state index contributed by atoms with van der Waals surface area (Å²) in [4.78, 5) is 28.2. The normalized spacial score (nSPS) is 10.5. The van der Waals surface area contributed by atoms with Crippen LogP contribution in [0.25, 0.3) is 22.4 Å². The molecule has 4 aromatic rings. The number of carbonyl (C=O) groups is 1. The third-order valence-electron chi connectivity index (χ3n) is 5.67. The minimum absolute atomic E-state index is 0.0600. The number of hydrogen-bond acceptors (Lipinski definition) is 7. The summed E-state index contributed by atoms with van der Waals surface area (Å²) in [6.07, 6.45) is 0. The zero-order chi connectivity index (χ0) is 27.2. The molecular weight excluding hydrogens is 524 g/mol. The Bertz CT molecular complexity index is 1550. The lowest BCUT2D eigenvalue weighted by atomic mass is 9.99. The van der Waals surface area contributed by atoms with Crippen molar-refractivity contribution in [2.24, 2.45) is 0 Å². The van der Waals surface area contributed by atoms with Crippen molar-refractivity contribution in [3.8, 4) is 34.2 Å². The molecule has 1 N–H and O–H groups in total. The first-order valence-corrected chi connectivity index (χ1v) is 12.7. The molecule has 0 saturated carbocycles. The zero-order valence-corrected chi connectivity index (χ0v) is 22.0. The van der Waals surface area contributed by atoms with E-state index < -0.39 is 4.92 Å². The molecule has 0 aliphatic carbocycles. The number of pyridine rings is 1. The van der Waals surface area contributed by atoms with Gasteiger partial charge >= 0.3 is 0 Å². The van der Waals surface area contributed by atoms with Crippen LogP contribution in [0.1, 0.15) is 11.1 Å². The molecule has 0 aliphatic rings. The first kappa shape index (κ1) is 26.7. The highest BCUT2D eigenvalue weighted by Gasteiger charge is 2.18. The Morgan fingerprint density at radius 2 is 1.79 bits per heavy atom. The number of carbonyl (C=O) groups excluding carboxylic acids is 1. The maximum Gasteiger partial charge on any atom is 0.274 e. The van der Waals surface area contributed by atoms with Crippen molar-refractivity contribution in [2.45, 2.75) is 11.9 Å². The third-order valence-corrected chi connectivity index (χ3v) is 6.90. The Morgan fingerprint density at radius 1 is 1.11 bits per heavy atom. The molecule has 1 heterocycles. The number of amides is 1. The highest BCUT2D eigenvalue weighted by Crippen LogP contribution is 2.35. The van der Waals surface area contributed by atoms with Gasteiger partial charge in [-0.1, -0.05) is 41.6 Å². The van der Waals surface area contributed by atoms with Crippen molar-refractivity contribution < 1.29 is 14.5 Å². The van der Waals surface area contributed by atoms with Gasteiger partial charge in [0.1, 0.15) is 16.8 Å². The molecule has 190 valence electrons. The fraction of sp³-hybridized carbons (Fsp3) is 0.107. The summed E-state index contributed by atoms with van der Waals surface area (Å²) in [6, 6.07) is 23.1. The lowest BCUT2D eigenvalue weighted by Crippen LogP contribution is -2.14. The van der Waals surface area contributed by atoms with Crippen LogP contribution in [0.5, 0.6) is 5.75 Å². The molecule has 0 aliphatic heterocycles. The van der Waals surface area contributed by atoms with Gasteiger partial charge in [-0.25, -0.2) is 4.98 Å². The molecule has 3 aromatic carbocycles. The van der Waals surface area contributed by atoms with E-state index in [0.29, 0.717) is 43.9 Å². The van der Waals surface area contributed by atoms with Crippen LogP contribution in [0.3, 0.4) is 0 Å². The van der Waals surface area contributed by atoms with Crippen LogP contribution in [0.15, 0.2) is 77.8 Å². The van der Waals surface area contributed by atoms with E-state index in [4.69, 9.17) is 21.3 Å². The molecule has 4 rings (SSSR count). The molecule has 0 spiro atoms. The molecule has 0 radical (unpaired) electrons. The Hall–Kier alpha value is -4.39. The molecule has 0 unspecified atom stereocenters. The third kappa shape index (κ3) is 6.11. The smallest absolute Gasteiger partial charge is 0.274 e. The summed E-state index contributed by atoms with van der Waals surface area (Å²) in [5.41, 5.74) is 3.92. The fourth-order valence-corrected chi connectivity index (χ4v) is 4.64. The number of halogens is 1. The molecule has 0 atom stereocenters. The van der Waals surface area contributed by atoms with Gasteiger partial charge in [0.2, 0.25) is 5.91 Å². The number of nitro groups is 1. The van der Waals surface area contributed by atoms with Crippen molar-refractivity contribution in [3.63, 3.8) is 0 Å². The van der Waals surface area contributed by atoms with E-state index in [1.807, 2.05) is 42.5 Å². The number of aryl methyl sites for hydroxylation is 1. The lowest BCUT2D eigenvalue weighted by molar-refractivity contribution is -0.385. The van der Waals surface area contributed by atoms with Crippen molar-refractivity contribution >= 4 is 40.6 Å². The van der Waals surface area contributed by atoms with E-state index in [1.54, 1.807) is 38.3 Å². The highest BCUT2D eigenvalue weighted by molar-refractivity contribution is 8.00. The van der Waals surface area contributed by atoms with E-state index in [2.05, 4.69) is 11.4 Å². The van der Waals surface area contributed by atoms with Crippen LogP contribution in [0.4, 0.5) is 11.4 Å². The predicted molar refractivity (Wildman–Crippen MR) is 149 cm³/mol. The van der Waals surface area contributed by atoms with E-state index >= 15 is 0 Å². The summed E-state index contributed by atoms with van der Waals surface area (Å²) in [6.45, 7) is 1.63. The Morgan fingerprint density at radius 3 is 2.42 bits per heavy atom. The minimum Gasteiger partial charge on any atom is -0.497 e. The number of ether oxygens (including phenoxy) is 1. The number of rotatable bonds is 8. The summed E-state index contributed by atoms with van der Waals surface area (Å²) < 4.78 is 5.25. The summed E-state index contributed by atoms with van der Waals surface area (Å²) in [7, 11) is 1.59. The van der Waals surface area contributed by atoms with Crippen molar-refractivity contribution in [1.29, 1.82) is 5.26 Å². The molecule has 1 amide bonds. The lowest BCUT2D eigenvalue weighted by Gasteiger charge is -2.13. The molecule has 10 heteroatoms. The monoisotopic (exact) mass is 544 g/mol. The second-order valence-electron chi connectivity index (χ2n) is 8.18. The number of nitriles is 1. The van der Waals surface area contributed by atoms with Gasteiger partial charge in [0.15, 0.2) is 0 Å². The maximum atomic E-state index is 12.7. The molecule has 0 saturated heterocycles. The van der Waals surface area contributed by atoms with Crippen molar-refractivity contribution in [1.82, 2.24) is 4.98 Å². The van der Waals surface area contributed by atoms with E-state index in [1.165, 1.54) is 6.07 Å². The number of benzene rings is 3. The van der Waals surface area contributed by atoms with Crippen LogP contribution in [-0.4, -0.2) is 28.7 Å². The average molecular weight is 545 g/mol. The molecular formula is C28H21ClN4O4S. The van der Waals surface area contributed by atoms with Gasteiger partial charge in [0.25, 0.3) is 5.69 Å².